The van der Waals surface area contributed by atoms with E-state index in [9.17, 15) is 31.5 Å². The van der Waals surface area contributed by atoms with E-state index in [1.165, 1.54) is 27.2 Å². The van der Waals surface area contributed by atoms with Crippen LogP contribution in [0.1, 0.15) is 45.1 Å². The summed E-state index contributed by atoms with van der Waals surface area (Å²) in [6.07, 6.45) is 3.78. The fraction of sp³-hybridized carbons (Fsp3) is 0.480. The predicted octanol–water partition coefficient (Wildman–Crippen LogP) is 3.27. The Bertz CT molecular complexity index is 1520. The number of hydrogen-bond acceptors (Lipinski definition) is 8. The van der Waals surface area contributed by atoms with Crippen LogP contribution in [0.15, 0.2) is 46.2 Å². The normalized spacial score (nSPS) is 23.0. The maximum atomic E-state index is 13.2. The minimum Gasteiger partial charge on any atom is -0.429 e. The van der Waals surface area contributed by atoms with Gasteiger partial charge in [0.05, 0.1) is 16.5 Å². The standard InChI is InChI=1S/C25H28F3N5O5S/c1-25(35)10-2-3-20(25)33-21-15(13-19(22(33)34)38-23(27)28)14-29-24(31-21)30-17-8-11-32(12-9-17)39(36,37)18-6-4-16(26)5-7-18/h4-7,13-14,17,20,23,35H,2-3,8-12H2,1H3,(H,29,30,31)/t20-,25-/m1/s1. The largest absolute Gasteiger partial charge is 0.429 e. The topological polar surface area (TPSA) is 127 Å². The first-order chi connectivity index (χ1) is 18.5. The second-order valence-corrected chi connectivity index (χ2v) is 12.0. The molecule has 2 N–H and O–H groups in total. The van der Waals surface area contributed by atoms with Crippen LogP contribution in [0.2, 0.25) is 0 Å². The van der Waals surface area contributed by atoms with E-state index in [-0.39, 0.29) is 35.6 Å². The summed E-state index contributed by atoms with van der Waals surface area (Å²) in [4.78, 5) is 22.0. The fourth-order valence-electron chi connectivity index (χ4n) is 5.35. The van der Waals surface area contributed by atoms with Gasteiger partial charge in [-0.3, -0.25) is 9.36 Å². The van der Waals surface area contributed by atoms with E-state index in [1.54, 1.807) is 6.92 Å². The molecular weight excluding hydrogens is 539 g/mol. The maximum Gasteiger partial charge on any atom is 0.387 e. The number of sulfonamides is 1. The van der Waals surface area contributed by atoms with Gasteiger partial charge in [-0.25, -0.2) is 17.8 Å². The number of aromatic nitrogens is 3. The summed E-state index contributed by atoms with van der Waals surface area (Å²) in [5.74, 6) is -0.901. The van der Waals surface area contributed by atoms with Gasteiger partial charge in [0.1, 0.15) is 11.5 Å². The number of ether oxygens (including phenoxy) is 1. The highest BCUT2D eigenvalue weighted by Crippen LogP contribution is 2.40. The molecule has 2 fully saturated rings. The number of rotatable bonds is 7. The molecular formula is C25H28F3N5O5S. The van der Waals surface area contributed by atoms with Crippen molar-refractivity contribution in [2.24, 2.45) is 0 Å². The Morgan fingerprint density at radius 3 is 2.49 bits per heavy atom. The molecule has 5 rings (SSSR count). The van der Waals surface area contributed by atoms with E-state index >= 15 is 0 Å². The summed E-state index contributed by atoms with van der Waals surface area (Å²) in [5, 5.41) is 14.4. The molecule has 2 atom stereocenters. The number of aliphatic hydroxyl groups is 1. The number of nitrogens with one attached hydrogen (secondary N) is 1. The number of pyridine rings is 1. The fourth-order valence-corrected chi connectivity index (χ4v) is 6.82. The number of anilines is 1. The molecule has 14 heteroatoms. The summed E-state index contributed by atoms with van der Waals surface area (Å²) < 4.78 is 72.0. The van der Waals surface area contributed by atoms with Gasteiger partial charge in [-0.2, -0.15) is 18.1 Å². The molecule has 2 aromatic heterocycles. The summed E-state index contributed by atoms with van der Waals surface area (Å²) in [6.45, 7) is -1.17. The molecule has 1 saturated heterocycles. The zero-order valence-corrected chi connectivity index (χ0v) is 21.9. The van der Waals surface area contributed by atoms with Crippen LogP contribution in [0.4, 0.5) is 19.1 Å². The van der Waals surface area contributed by atoms with Crippen molar-refractivity contribution in [1.29, 1.82) is 0 Å². The lowest BCUT2D eigenvalue weighted by Crippen LogP contribution is -2.42. The van der Waals surface area contributed by atoms with Crippen molar-refractivity contribution in [2.45, 2.75) is 68.2 Å². The van der Waals surface area contributed by atoms with Crippen LogP contribution in [-0.2, 0) is 10.0 Å². The minimum absolute atomic E-state index is 0.0177. The Labute approximate surface area is 222 Å². The molecule has 3 heterocycles. The molecule has 1 aliphatic carbocycles. The molecule has 2 aliphatic rings. The number of fused-ring (bicyclic) bond motifs is 1. The minimum atomic E-state index is -3.77. The highest BCUT2D eigenvalue weighted by Gasteiger charge is 2.40. The van der Waals surface area contributed by atoms with Crippen LogP contribution in [-0.4, -0.2) is 63.7 Å². The maximum absolute atomic E-state index is 13.2. The first kappa shape index (κ1) is 27.3. The van der Waals surface area contributed by atoms with Gasteiger partial charge in [-0.1, -0.05) is 0 Å². The molecule has 0 spiro atoms. The second kappa shape index (κ2) is 10.4. The van der Waals surface area contributed by atoms with Crippen LogP contribution in [0, 0.1) is 5.82 Å². The van der Waals surface area contributed by atoms with Gasteiger partial charge in [0.15, 0.2) is 5.75 Å². The quantitative estimate of drug-likeness (QED) is 0.446. The average Bonchev–Trinajstić information content (AvgIpc) is 3.23. The van der Waals surface area contributed by atoms with Crippen molar-refractivity contribution in [3.05, 3.63) is 52.7 Å². The Morgan fingerprint density at radius 1 is 1.18 bits per heavy atom. The second-order valence-electron chi connectivity index (χ2n) is 10.1. The molecule has 0 amide bonds. The SMILES string of the molecule is C[C@@]1(O)CCC[C@H]1n1c(=O)c(OC(F)F)cc2cnc(NC3CCN(S(=O)(=O)c4ccc(F)cc4)CC3)nc21. The number of hydrogen-bond donors (Lipinski definition) is 2. The third-order valence-electron chi connectivity index (χ3n) is 7.38. The number of nitrogens with zero attached hydrogens (tertiary/aromatic N) is 4. The zero-order valence-electron chi connectivity index (χ0n) is 21.1. The molecule has 1 aromatic carbocycles. The van der Waals surface area contributed by atoms with E-state index in [1.807, 2.05) is 0 Å². The van der Waals surface area contributed by atoms with Gasteiger partial charge in [-0.15, -0.1) is 0 Å². The van der Waals surface area contributed by atoms with Crippen LogP contribution < -0.4 is 15.6 Å². The summed E-state index contributed by atoms with van der Waals surface area (Å²) in [5.41, 5.74) is -1.90. The summed E-state index contributed by atoms with van der Waals surface area (Å²) in [7, 11) is -3.77. The van der Waals surface area contributed by atoms with Crippen LogP contribution in [0.25, 0.3) is 11.0 Å². The lowest BCUT2D eigenvalue weighted by atomic mass is 10.00. The van der Waals surface area contributed by atoms with Gasteiger partial charge in [0.25, 0.3) is 5.56 Å². The van der Waals surface area contributed by atoms with E-state index < -0.39 is 45.4 Å². The number of alkyl halides is 2. The van der Waals surface area contributed by atoms with Crippen LogP contribution >= 0.6 is 0 Å². The predicted molar refractivity (Wildman–Crippen MR) is 136 cm³/mol. The molecule has 10 nitrogen and oxygen atoms in total. The van der Waals surface area contributed by atoms with Crippen molar-refractivity contribution in [3.8, 4) is 5.75 Å². The molecule has 0 bridgehead atoms. The molecule has 0 unspecified atom stereocenters. The number of halogens is 3. The molecule has 3 aromatic rings. The lowest BCUT2D eigenvalue weighted by molar-refractivity contribution is -0.0513. The highest BCUT2D eigenvalue weighted by molar-refractivity contribution is 7.89. The number of piperidine rings is 1. The van der Waals surface area contributed by atoms with E-state index in [0.717, 1.165) is 18.2 Å². The van der Waals surface area contributed by atoms with Crippen LogP contribution in [0.3, 0.4) is 0 Å². The van der Waals surface area contributed by atoms with E-state index in [2.05, 4.69) is 20.0 Å². The first-order valence-electron chi connectivity index (χ1n) is 12.6. The third kappa shape index (κ3) is 5.45. The highest BCUT2D eigenvalue weighted by atomic mass is 32.2. The van der Waals surface area contributed by atoms with Gasteiger partial charge in [0, 0.05) is 30.7 Å². The molecule has 210 valence electrons. The van der Waals surface area contributed by atoms with Crippen LogP contribution in [0.5, 0.6) is 5.75 Å². The Hall–Kier alpha value is -3.23. The first-order valence-corrected chi connectivity index (χ1v) is 14.0. The smallest absolute Gasteiger partial charge is 0.387 e. The monoisotopic (exact) mass is 567 g/mol. The van der Waals surface area contributed by atoms with Gasteiger partial charge < -0.3 is 15.2 Å². The van der Waals surface area contributed by atoms with Gasteiger partial charge >= 0.3 is 6.61 Å². The summed E-state index contributed by atoms with van der Waals surface area (Å²) >= 11 is 0. The third-order valence-corrected chi connectivity index (χ3v) is 9.30. The molecule has 0 radical (unpaired) electrons. The summed E-state index contributed by atoms with van der Waals surface area (Å²) in [6, 6.07) is 4.95. The molecule has 1 aliphatic heterocycles. The molecule has 1 saturated carbocycles. The zero-order chi connectivity index (χ0) is 27.9. The Morgan fingerprint density at radius 2 is 1.87 bits per heavy atom. The Kier molecular flexibility index (Phi) is 7.29. The van der Waals surface area contributed by atoms with Crippen molar-refractivity contribution >= 4 is 27.0 Å². The lowest BCUT2D eigenvalue weighted by Gasteiger charge is -2.32. The van der Waals surface area contributed by atoms with Gasteiger partial charge in [0.2, 0.25) is 16.0 Å². The number of benzene rings is 1. The Balaban J connectivity index is 1.39. The van der Waals surface area contributed by atoms with Crippen molar-refractivity contribution in [1.82, 2.24) is 18.8 Å². The van der Waals surface area contributed by atoms with Gasteiger partial charge in [-0.05, 0) is 69.4 Å². The van der Waals surface area contributed by atoms with E-state index in [0.29, 0.717) is 37.5 Å². The molecule has 39 heavy (non-hydrogen) atoms. The van der Waals surface area contributed by atoms with Crippen molar-refractivity contribution < 1.29 is 31.4 Å². The average molecular weight is 568 g/mol. The van der Waals surface area contributed by atoms with Crippen molar-refractivity contribution in [2.75, 3.05) is 18.4 Å². The van der Waals surface area contributed by atoms with Crippen molar-refractivity contribution in [3.63, 3.8) is 0 Å². The van der Waals surface area contributed by atoms with E-state index in [4.69, 9.17) is 0 Å².